The van der Waals surface area contributed by atoms with E-state index < -0.39 is 6.04 Å². The fourth-order valence-electron chi connectivity index (χ4n) is 1.98. The lowest BCUT2D eigenvalue weighted by Crippen LogP contribution is -2.31. The molecule has 0 bridgehead atoms. The molecule has 0 aromatic heterocycles. The number of urea groups is 1. The Kier molecular flexibility index (Phi) is 5.04. The van der Waals surface area contributed by atoms with Gasteiger partial charge in [-0.25, -0.2) is 9.18 Å². The van der Waals surface area contributed by atoms with Crippen LogP contribution in [0, 0.1) is 5.82 Å². The minimum Gasteiger partial charge on any atom is -0.326 e. The number of hydrogen-bond donors (Lipinski definition) is 1. The number of nitrogens with zero attached hydrogens (tertiary/aromatic N) is 1. The highest BCUT2D eigenvalue weighted by atomic mass is 79.9. The van der Waals surface area contributed by atoms with Crippen LogP contribution in [0.3, 0.4) is 0 Å². The molecule has 1 fully saturated rings. The van der Waals surface area contributed by atoms with E-state index in [2.05, 4.69) is 21.2 Å². The van der Waals surface area contributed by atoms with E-state index in [1.807, 2.05) is 6.26 Å². The van der Waals surface area contributed by atoms with Crippen molar-refractivity contribution >= 4 is 39.6 Å². The van der Waals surface area contributed by atoms with E-state index >= 15 is 0 Å². The standard InChI is InChI=1S/C13H14BrFN2O2S/c1-20-5-4-11-12(18)17(13(19)16-11)7-8-2-3-10(15)9(14)6-8/h2-3,6,11H,4-5,7H2,1H3,(H,16,19). The average molecular weight is 361 g/mol. The molecule has 3 amide bonds. The number of hydrogen-bond acceptors (Lipinski definition) is 3. The molecule has 108 valence electrons. The van der Waals surface area contributed by atoms with Crippen molar-refractivity contribution in [3.05, 3.63) is 34.1 Å². The van der Waals surface area contributed by atoms with Crippen LogP contribution in [0.5, 0.6) is 0 Å². The highest BCUT2D eigenvalue weighted by Crippen LogP contribution is 2.20. The number of imide groups is 1. The Bertz CT molecular complexity index is 541. The molecule has 1 aromatic rings. The van der Waals surface area contributed by atoms with Crippen LogP contribution < -0.4 is 5.32 Å². The second kappa shape index (κ2) is 6.58. The quantitative estimate of drug-likeness (QED) is 0.821. The Hall–Kier alpha value is -1.08. The molecular weight excluding hydrogens is 347 g/mol. The maximum atomic E-state index is 13.2. The van der Waals surface area contributed by atoms with Crippen LogP contribution in [-0.4, -0.2) is 34.9 Å². The zero-order valence-corrected chi connectivity index (χ0v) is 13.3. The van der Waals surface area contributed by atoms with Crippen molar-refractivity contribution in [2.45, 2.75) is 19.0 Å². The Morgan fingerprint density at radius 1 is 1.45 bits per heavy atom. The van der Waals surface area contributed by atoms with Crippen LogP contribution >= 0.6 is 27.7 Å². The van der Waals surface area contributed by atoms with E-state index in [-0.39, 0.29) is 24.3 Å². The van der Waals surface area contributed by atoms with Crippen molar-refractivity contribution in [1.82, 2.24) is 10.2 Å². The van der Waals surface area contributed by atoms with Gasteiger partial charge in [0.2, 0.25) is 0 Å². The Balaban J connectivity index is 2.07. The summed E-state index contributed by atoms with van der Waals surface area (Å²) in [6.07, 6.45) is 2.57. The molecule has 0 spiro atoms. The van der Waals surface area contributed by atoms with Gasteiger partial charge >= 0.3 is 6.03 Å². The zero-order valence-electron chi connectivity index (χ0n) is 10.9. The summed E-state index contributed by atoms with van der Waals surface area (Å²) < 4.78 is 13.5. The first kappa shape index (κ1) is 15.3. The van der Waals surface area contributed by atoms with Crippen molar-refractivity contribution in [2.75, 3.05) is 12.0 Å². The summed E-state index contributed by atoms with van der Waals surface area (Å²) in [5.41, 5.74) is 0.701. The average Bonchev–Trinajstić information content (AvgIpc) is 2.68. The van der Waals surface area contributed by atoms with Gasteiger partial charge in [0, 0.05) is 0 Å². The molecule has 1 aliphatic heterocycles. The van der Waals surface area contributed by atoms with Gasteiger partial charge in [0.15, 0.2) is 0 Å². The minimum atomic E-state index is -0.446. The fourth-order valence-corrected chi connectivity index (χ4v) is 2.88. The predicted molar refractivity (Wildman–Crippen MR) is 80.0 cm³/mol. The third kappa shape index (κ3) is 3.32. The van der Waals surface area contributed by atoms with E-state index in [0.29, 0.717) is 16.5 Å². The topological polar surface area (TPSA) is 49.4 Å². The Labute approximate surface area is 129 Å². The van der Waals surface area contributed by atoms with Crippen molar-refractivity contribution in [3.8, 4) is 0 Å². The molecule has 1 aliphatic rings. The van der Waals surface area contributed by atoms with Crippen molar-refractivity contribution in [3.63, 3.8) is 0 Å². The summed E-state index contributed by atoms with van der Waals surface area (Å²) in [7, 11) is 0. The molecule has 20 heavy (non-hydrogen) atoms. The van der Waals surface area contributed by atoms with E-state index in [1.165, 1.54) is 11.0 Å². The van der Waals surface area contributed by atoms with Gasteiger partial charge in [-0.05, 0) is 52.1 Å². The van der Waals surface area contributed by atoms with Gasteiger partial charge in [-0.1, -0.05) is 6.07 Å². The van der Waals surface area contributed by atoms with Gasteiger partial charge in [0.25, 0.3) is 5.91 Å². The third-order valence-corrected chi connectivity index (χ3v) is 4.29. The van der Waals surface area contributed by atoms with Crippen LogP contribution in [0.15, 0.2) is 22.7 Å². The molecular formula is C13H14BrFN2O2S. The zero-order chi connectivity index (χ0) is 14.7. The Morgan fingerprint density at radius 3 is 2.85 bits per heavy atom. The molecule has 7 heteroatoms. The summed E-state index contributed by atoms with van der Waals surface area (Å²) in [5.74, 6) is 0.223. The molecule has 1 heterocycles. The molecule has 0 radical (unpaired) electrons. The van der Waals surface area contributed by atoms with E-state index in [1.54, 1.807) is 23.9 Å². The van der Waals surface area contributed by atoms with Crippen LogP contribution in [0.2, 0.25) is 0 Å². The lowest BCUT2D eigenvalue weighted by atomic mass is 10.2. The van der Waals surface area contributed by atoms with Crippen LogP contribution in [0.25, 0.3) is 0 Å². The largest absolute Gasteiger partial charge is 0.326 e. The summed E-state index contributed by atoms with van der Waals surface area (Å²) in [4.78, 5) is 25.1. The van der Waals surface area contributed by atoms with Crippen LogP contribution in [0.1, 0.15) is 12.0 Å². The first-order valence-corrected chi connectivity index (χ1v) is 8.26. The monoisotopic (exact) mass is 360 g/mol. The van der Waals surface area contributed by atoms with Gasteiger partial charge in [-0.3, -0.25) is 9.69 Å². The second-order valence-electron chi connectivity index (χ2n) is 4.46. The van der Waals surface area contributed by atoms with Crippen molar-refractivity contribution in [2.24, 2.45) is 0 Å². The van der Waals surface area contributed by atoms with E-state index in [0.717, 1.165) is 5.75 Å². The van der Waals surface area contributed by atoms with E-state index in [4.69, 9.17) is 0 Å². The number of carbonyl (C=O) groups excluding carboxylic acids is 2. The summed E-state index contributed by atoms with van der Waals surface area (Å²) >= 11 is 4.72. The lowest BCUT2D eigenvalue weighted by Gasteiger charge is -2.13. The van der Waals surface area contributed by atoms with Gasteiger partial charge in [0.1, 0.15) is 11.9 Å². The van der Waals surface area contributed by atoms with E-state index in [9.17, 15) is 14.0 Å². The molecule has 1 N–H and O–H groups in total. The third-order valence-electron chi connectivity index (χ3n) is 3.04. The number of rotatable bonds is 5. The van der Waals surface area contributed by atoms with Crippen molar-refractivity contribution in [1.29, 1.82) is 0 Å². The smallest absolute Gasteiger partial charge is 0.325 e. The number of thioether (sulfide) groups is 1. The highest BCUT2D eigenvalue weighted by molar-refractivity contribution is 9.10. The highest BCUT2D eigenvalue weighted by Gasteiger charge is 2.37. The normalized spacial score (nSPS) is 18.6. The first-order chi connectivity index (χ1) is 9.52. The molecule has 0 aliphatic carbocycles. The fraction of sp³-hybridized carbons (Fsp3) is 0.385. The number of nitrogens with one attached hydrogen (secondary N) is 1. The SMILES string of the molecule is CSCCC1NC(=O)N(Cc2ccc(F)c(Br)c2)C1=O. The second-order valence-corrected chi connectivity index (χ2v) is 6.30. The summed E-state index contributed by atoms with van der Waals surface area (Å²) in [5, 5.41) is 2.67. The molecule has 4 nitrogen and oxygen atoms in total. The molecule has 0 saturated carbocycles. The lowest BCUT2D eigenvalue weighted by molar-refractivity contribution is -0.127. The number of carbonyl (C=O) groups is 2. The maximum absolute atomic E-state index is 13.2. The maximum Gasteiger partial charge on any atom is 0.325 e. The molecule has 2 rings (SSSR count). The molecule has 1 saturated heterocycles. The van der Waals surface area contributed by atoms with Gasteiger partial charge in [0.05, 0.1) is 11.0 Å². The van der Waals surface area contributed by atoms with Gasteiger partial charge in [-0.15, -0.1) is 0 Å². The number of amides is 3. The Morgan fingerprint density at radius 2 is 2.20 bits per heavy atom. The first-order valence-electron chi connectivity index (χ1n) is 6.07. The summed E-state index contributed by atoms with van der Waals surface area (Å²) in [6.45, 7) is 0.152. The van der Waals surface area contributed by atoms with Crippen LogP contribution in [-0.2, 0) is 11.3 Å². The molecule has 1 aromatic carbocycles. The van der Waals surface area contributed by atoms with Gasteiger partial charge < -0.3 is 5.32 Å². The minimum absolute atomic E-state index is 0.152. The van der Waals surface area contributed by atoms with Gasteiger partial charge in [-0.2, -0.15) is 11.8 Å². The van der Waals surface area contributed by atoms with Crippen LogP contribution in [0.4, 0.5) is 9.18 Å². The summed E-state index contributed by atoms with van der Waals surface area (Å²) in [6, 6.07) is 3.62. The number of benzene rings is 1. The molecule has 1 atom stereocenters. The predicted octanol–water partition coefficient (Wildman–Crippen LogP) is 2.76. The molecule has 1 unspecified atom stereocenters. The number of halogens is 2. The van der Waals surface area contributed by atoms with Crippen molar-refractivity contribution < 1.29 is 14.0 Å².